The van der Waals surface area contributed by atoms with Crippen molar-refractivity contribution in [2.24, 2.45) is 30.7 Å². The maximum Gasteiger partial charge on any atom is 0.296 e. The van der Waals surface area contributed by atoms with Gasteiger partial charge < -0.3 is 15.2 Å². The van der Waals surface area contributed by atoms with E-state index in [2.05, 4.69) is 46.0 Å². The molecule has 0 aliphatic heterocycles. The van der Waals surface area contributed by atoms with Crippen LogP contribution >= 0.6 is 34.7 Å². The van der Waals surface area contributed by atoms with Crippen molar-refractivity contribution in [2.45, 2.75) is 53.2 Å². The van der Waals surface area contributed by atoms with Crippen molar-refractivity contribution in [3.63, 3.8) is 0 Å². The maximum absolute atomic E-state index is 12.6. The molecule has 430 valence electrons. The van der Waals surface area contributed by atoms with Crippen LogP contribution in [0.3, 0.4) is 0 Å². The number of amides is 1. The van der Waals surface area contributed by atoms with E-state index in [1.54, 1.807) is 6.92 Å². The summed E-state index contributed by atoms with van der Waals surface area (Å²) in [4.78, 5) is 19.4. The number of fused-ring (bicyclic) bond motifs is 6. The number of hydrogen-bond acceptors (Lipinski definition) is 24. The number of hydrogen-bond donors (Lipinski definition) is 7. The number of pyridine rings is 1. The summed E-state index contributed by atoms with van der Waals surface area (Å²) in [5, 5.41) is 49.9. The number of nitrogens with zero attached hydrogens (tertiary/aromatic N) is 10. The Bertz CT molecular complexity index is 4760. The van der Waals surface area contributed by atoms with E-state index in [1.807, 2.05) is 6.07 Å². The number of carbonyl (C=O) groups is 1. The average molecular weight is 1280 g/mol. The zero-order valence-corrected chi connectivity index (χ0v) is 48.3. The zero-order valence-electron chi connectivity index (χ0n) is 41.8. The molecule has 0 fully saturated rings. The average Bonchev–Trinajstić information content (AvgIpc) is 3.47. The number of rotatable bonds is 20. The highest BCUT2D eigenvalue weighted by atomic mass is 35.5. The minimum absolute atomic E-state index is 0.00986. The number of benzene rings is 5. The summed E-state index contributed by atoms with van der Waals surface area (Å²) in [5.74, 6) is -2.71. The Morgan fingerprint density at radius 1 is 0.768 bits per heavy atom. The van der Waals surface area contributed by atoms with Gasteiger partial charge in [0.15, 0.2) is 11.3 Å². The highest BCUT2D eigenvalue weighted by Crippen LogP contribution is 2.45. The number of thiazole rings is 1. The number of ether oxygens (including phenoxy) is 1. The molecule has 3 heterocycles. The van der Waals surface area contributed by atoms with Gasteiger partial charge >= 0.3 is 0 Å². The number of carbonyl (C=O) groups excluding carboxylic acids is 1. The maximum atomic E-state index is 12.6. The Hall–Kier alpha value is -7.25. The smallest absolute Gasteiger partial charge is 0.296 e. The van der Waals surface area contributed by atoms with E-state index in [0.29, 0.717) is 5.56 Å². The second kappa shape index (κ2) is 23.2. The van der Waals surface area contributed by atoms with Crippen LogP contribution in [0.1, 0.15) is 36.5 Å². The Kier molecular flexibility index (Phi) is 17.2. The third kappa shape index (κ3) is 13.8. The zero-order chi connectivity index (χ0) is 60.0. The number of nitrogens with one attached hydrogen (secondary N) is 1. The molecular formula is C45H38ClN11O18S7. The van der Waals surface area contributed by atoms with E-state index in [9.17, 15) is 80.0 Å². The monoisotopic (exact) mass is 1280 g/mol. The van der Waals surface area contributed by atoms with Gasteiger partial charge in [-0.25, -0.2) is 9.97 Å². The molecule has 1 amide bonds. The summed E-state index contributed by atoms with van der Waals surface area (Å²) >= 11 is 7.91. The van der Waals surface area contributed by atoms with Crippen molar-refractivity contribution in [2.75, 3.05) is 29.2 Å². The fourth-order valence-corrected chi connectivity index (χ4v) is 13.2. The molecule has 3 aromatic heterocycles. The number of imidazole rings is 1. The molecule has 0 aliphatic carbocycles. The van der Waals surface area contributed by atoms with Gasteiger partial charge in [-0.2, -0.15) is 52.5 Å². The fourth-order valence-electron chi connectivity index (χ4n) is 7.85. The first-order chi connectivity index (χ1) is 38.2. The van der Waals surface area contributed by atoms with Crippen molar-refractivity contribution in [1.82, 2.24) is 14.4 Å². The molecule has 7 N–H and O–H groups in total. The Morgan fingerprint density at radius 2 is 1.43 bits per heavy atom. The van der Waals surface area contributed by atoms with Crippen LogP contribution in [-0.4, -0.2) is 114 Å². The molecule has 0 saturated heterocycles. The van der Waals surface area contributed by atoms with Crippen molar-refractivity contribution < 1.29 is 79.5 Å². The molecule has 29 nitrogen and oxygen atoms in total. The summed E-state index contributed by atoms with van der Waals surface area (Å²) < 4.78 is 175. The number of anilines is 1. The molecule has 37 heteroatoms. The quantitative estimate of drug-likeness (QED) is 0.0161. The molecule has 0 unspecified atom stereocenters. The Labute approximate surface area is 477 Å². The highest BCUT2D eigenvalue weighted by Gasteiger charge is 2.26. The lowest BCUT2D eigenvalue weighted by molar-refractivity contribution is -0.114. The third-order valence-corrected chi connectivity index (χ3v) is 18.2. The van der Waals surface area contributed by atoms with Crippen molar-refractivity contribution in [3.8, 4) is 17.7 Å². The first kappa shape index (κ1) is 60.8. The van der Waals surface area contributed by atoms with E-state index in [-0.39, 0.29) is 124 Å². The number of aryl methyl sites for hydroxylation is 1. The number of azo groups is 3. The highest BCUT2D eigenvalue weighted by molar-refractivity contribution is 7.99. The van der Waals surface area contributed by atoms with E-state index >= 15 is 0 Å². The van der Waals surface area contributed by atoms with Crippen molar-refractivity contribution >= 4 is 168 Å². The van der Waals surface area contributed by atoms with Crippen LogP contribution in [0.2, 0.25) is 5.02 Å². The molecule has 0 radical (unpaired) electrons. The Balaban J connectivity index is 1.22. The molecule has 8 aromatic rings. The van der Waals surface area contributed by atoms with Crippen LogP contribution in [0.15, 0.2) is 111 Å². The fraction of sp³-hybridized carbons (Fsp3) is 0.200. The molecule has 0 atom stereocenters. The van der Waals surface area contributed by atoms with Gasteiger partial charge in [0.1, 0.15) is 49.8 Å². The molecule has 0 spiro atoms. The number of aromatic nitrogens is 3. The van der Waals surface area contributed by atoms with Gasteiger partial charge in [0.2, 0.25) is 16.9 Å². The Morgan fingerprint density at radius 3 is 2.07 bits per heavy atom. The molecule has 5 aromatic carbocycles. The molecule has 82 heavy (non-hydrogen) atoms. The second-order valence-electron chi connectivity index (χ2n) is 17.4. The van der Waals surface area contributed by atoms with Gasteiger partial charge in [-0.05, 0) is 91.9 Å². The molecule has 0 bridgehead atoms. The van der Waals surface area contributed by atoms with Gasteiger partial charge in [-0.1, -0.05) is 29.0 Å². The van der Waals surface area contributed by atoms with Gasteiger partial charge in [-0.15, -0.1) is 37.3 Å². The standard InChI is InChI=1S/C45H38ClN11O18S7/c1-21-12-33(53-55-40-22(2)27(20-47)43-49-32-15-28(46)38(81(69,70)71)19-35(32)57(43)44(40)59)36(75-8-4-10-78(60,61)62)17-29(21)51-54-34-16-30(48-23(3)58)31(18-37(34)76-9-5-11-79(63,64)65)52-56-45-50-41-39(82(72,73)74)14-24-13-25(80(66,67)68)6-7-26(24)42(41)77-45/h6-7,12-19,59H,4-5,8-11H2,1-3H3,(H,48,58)(H,60,61,62)(H,63,64,65)(H,66,67,68)(H,69,70,71)(H,72,73,74). The van der Waals surface area contributed by atoms with Gasteiger partial charge in [-0.3, -0.25) is 32.0 Å². The van der Waals surface area contributed by atoms with Crippen molar-refractivity contribution in [1.29, 1.82) is 5.26 Å². The predicted octanol–water partition coefficient (Wildman–Crippen LogP) is 10.1. The SMILES string of the molecule is CC(=O)Nc1cc(N=Nc2cc(OCCCS(=O)(=O)O)c(N=Nc3c(C)c(C#N)c4nc5cc(Cl)c(S(=O)(=O)O)cc5n4c3O)cc2C)c(SCCCS(=O)(=O)O)cc1N=Nc1nc2c(S(=O)(=O)O)cc3cc(S(=O)(=O)O)ccc3c2s1. The summed E-state index contributed by atoms with van der Waals surface area (Å²) in [5.41, 5.74) is -0.609. The van der Waals surface area contributed by atoms with Crippen molar-refractivity contribution in [3.05, 3.63) is 82.4 Å². The largest absolute Gasteiger partial charge is 0.493 e. The van der Waals surface area contributed by atoms with Crippen LogP contribution in [0.4, 0.5) is 39.3 Å². The first-order valence-electron chi connectivity index (χ1n) is 22.8. The molecule has 8 rings (SSSR count). The predicted molar refractivity (Wildman–Crippen MR) is 298 cm³/mol. The van der Waals surface area contributed by atoms with Gasteiger partial charge in [0.25, 0.3) is 50.6 Å². The molecular weight excluding hydrogens is 1240 g/mol. The first-order valence-corrected chi connectivity index (χ1v) is 32.5. The van der Waals surface area contributed by atoms with Crippen LogP contribution in [0.5, 0.6) is 11.6 Å². The normalized spacial score (nSPS) is 13.0. The molecule has 0 aliphatic rings. The third-order valence-electron chi connectivity index (χ3n) is 11.5. The lowest BCUT2D eigenvalue weighted by Crippen LogP contribution is -2.08. The minimum Gasteiger partial charge on any atom is -0.493 e. The van der Waals surface area contributed by atoms with E-state index in [4.69, 9.17) is 16.3 Å². The summed E-state index contributed by atoms with van der Waals surface area (Å²) in [6, 6.07) is 13.7. The molecule has 0 saturated carbocycles. The van der Waals surface area contributed by atoms with Gasteiger partial charge in [0.05, 0.1) is 55.1 Å². The second-order valence-corrected chi connectivity index (χ2v) is 27.3. The van der Waals surface area contributed by atoms with E-state index < -0.39 is 93.6 Å². The van der Waals surface area contributed by atoms with Crippen LogP contribution < -0.4 is 10.1 Å². The lowest BCUT2D eigenvalue weighted by Gasteiger charge is -2.13. The number of halogens is 1. The summed E-state index contributed by atoms with van der Waals surface area (Å²) in [6.07, 6.45) is -0.313. The lowest BCUT2D eigenvalue weighted by atomic mass is 10.1. The minimum atomic E-state index is -5.00. The topological polar surface area (TPSA) is 459 Å². The van der Waals surface area contributed by atoms with Gasteiger partial charge in [0, 0.05) is 28.8 Å². The van der Waals surface area contributed by atoms with E-state index in [1.165, 1.54) is 44.2 Å². The summed E-state index contributed by atoms with van der Waals surface area (Å²) in [7, 11) is -23.4. The van der Waals surface area contributed by atoms with E-state index in [0.717, 1.165) is 57.8 Å². The van der Waals surface area contributed by atoms with Crippen LogP contribution in [0, 0.1) is 25.2 Å². The number of aromatic hydroxyl groups is 1. The number of nitriles is 1. The summed E-state index contributed by atoms with van der Waals surface area (Å²) in [6.45, 7) is 3.81. The van der Waals surface area contributed by atoms with Crippen LogP contribution in [0.25, 0.3) is 37.7 Å². The van der Waals surface area contributed by atoms with Crippen LogP contribution in [-0.2, 0) is 55.4 Å². The number of thioether (sulfide) groups is 1.